The van der Waals surface area contributed by atoms with E-state index in [1.54, 1.807) is 0 Å². The maximum atomic E-state index is 4.64. The van der Waals surface area contributed by atoms with Crippen molar-refractivity contribution >= 4 is 0 Å². The van der Waals surface area contributed by atoms with E-state index in [-0.39, 0.29) is 0 Å². The summed E-state index contributed by atoms with van der Waals surface area (Å²) in [5.74, 6) is 0. The number of benzene rings is 1. The number of aromatic nitrogens is 2. The van der Waals surface area contributed by atoms with E-state index in [0.29, 0.717) is 0 Å². The van der Waals surface area contributed by atoms with Gasteiger partial charge < -0.3 is 0 Å². The monoisotopic (exact) mass is 228 g/mol. The Labute approximate surface area is 103 Å². The largest absolute Gasteiger partial charge is 0.237 e. The molecule has 0 aliphatic rings. The van der Waals surface area contributed by atoms with Crippen molar-refractivity contribution in [2.24, 2.45) is 0 Å². The van der Waals surface area contributed by atoms with Gasteiger partial charge in [0.1, 0.15) is 0 Å². The SMILES string of the molecule is Cc1cc(C)c(C)c(-n2nc(C)c(C)c2C)c1. The second-order valence-electron chi connectivity index (χ2n) is 4.93. The third kappa shape index (κ3) is 1.88. The molecule has 2 aromatic rings. The molecular formula is C15H20N2. The van der Waals surface area contributed by atoms with Gasteiger partial charge in [-0.2, -0.15) is 5.10 Å². The molecule has 1 aromatic heterocycles. The molecular weight excluding hydrogens is 208 g/mol. The highest BCUT2D eigenvalue weighted by atomic mass is 15.3. The highest BCUT2D eigenvalue weighted by Crippen LogP contribution is 2.23. The van der Waals surface area contributed by atoms with Crippen molar-refractivity contribution < 1.29 is 0 Å². The van der Waals surface area contributed by atoms with Crippen molar-refractivity contribution in [1.29, 1.82) is 0 Å². The summed E-state index contributed by atoms with van der Waals surface area (Å²) >= 11 is 0. The summed E-state index contributed by atoms with van der Waals surface area (Å²) in [5.41, 5.74) is 8.75. The van der Waals surface area contributed by atoms with E-state index in [1.165, 1.54) is 33.6 Å². The minimum atomic E-state index is 1.11. The molecule has 0 saturated heterocycles. The van der Waals surface area contributed by atoms with Crippen LogP contribution in [0.4, 0.5) is 0 Å². The molecule has 0 amide bonds. The van der Waals surface area contributed by atoms with Gasteiger partial charge in [0, 0.05) is 5.69 Å². The Kier molecular flexibility index (Phi) is 2.82. The maximum absolute atomic E-state index is 4.64. The molecule has 0 aliphatic heterocycles. The topological polar surface area (TPSA) is 17.8 Å². The van der Waals surface area contributed by atoms with E-state index in [4.69, 9.17) is 0 Å². The van der Waals surface area contributed by atoms with Crippen molar-refractivity contribution in [3.63, 3.8) is 0 Å². The summed E-state index contributed by atoms with van der Waals surface area (Å²) in [6, 6.07) is 4.43. The van der Waals surface area contributed by atoms with Gasteiger partial charge in [0.05, 0.1) is 11.4 Å². The summed E-state index contributed by atoms with van der Waals surface area (Å²) in [6.45, 7) is 12.8. The van der Waals surface area contributed by atoms with Crippen molar-refractivity contribution in [3.8, 4) is 5.69 Å². The van der Waals surface area contributed by atoms with E-state index in [1.807, 2.05) is 0 Å². The zero-order valence-corrected chi connectivity index (χ0v) is 11.5. The number of rotatable bonds is 1. The lowest BCUT2D eigenvalue weighted by Crippen LogP contribution is -2.03. The van der Waals surface area contributed by atoms with Crippen LogP contribution in [0.25, 0.3) is 5.69 Å². The highest BCUT2D eigenvalue weighted by Gasteiger charge is 2.12. The Hall–Kier alpha value is -1.57. The molecule has 0 unspecified atom stereocenters. The lowest BCUT2D eigenvalue weighted by atomic mass is 10.0. The lowest BCUT2D eigenvalue weighted by molar-refractivity contribution is 0.824. The van der Waals surface area contributed by atoms with Crippen LogP contribution in [0.15, 0.2) is 12.1 Å². The van der Waals surface area contributed by atoms with Crippen LogP contribution < -0.4 is 0 Å². The van der Waals surface area contributed by atoms with Crippen LogP contribution >= 0.6 is 0 Å². The molecule has 0 saturated carbocycles. The Morgan fingerprint density at radius 2 is 1.53 bits per heavy atom. The van der Waals surface area contributed by atoms with Crippen molar-refractivity contribution in [3.05, 3.63) is 45.8 Å². The molecule has 2 rings (SSSR count). The predicted octanol–water partition coefficient (Wildman–Crippen LogP) is 3.72. The molecule has 1 heterocycles. The minimum absolute atomic E-state index is 1.11. The average Bonchev–Trinajstić information content (AvgIpc) is 2.51. The summed E-state index contributed by atoms with van der Waals surface area (Å²) in [6.07, 6.45) is 0. The van der Waals surface area contributed by atoms with Gasteiger partial charge in [0.2, 0.25) is 0 Å². The summed E-state index contributed by atoms with van der Waals surface area (Å²) in [7, 11) is 0. The molecule has 2 nitrogen and oxygen atoms in total. The Bertz CT molecular complexity index is 577. The van der Waals surface area contributed by atoms with E-state index < -0.39 is 0 Å². The summed E-state index contributed by atoms with van der Waals surface area (Å²) in [5, 5.41) is 4.64. The van der Waals surface area contributed by atoms with Gasteiger partial charge >= 0.3 is 0 Å². The quantitative estimate of drug-likeness (QED) is 0.727. The molecule has 1 aromatic carbocycles. The molecule has 0 fully saturated rings. The van der Waals surface area contributed by atoms with E-state index in [0.717, 1.165) is 5.69 Å². The molecule has 0 aliphatic carbocycles. The molecule has 17 heavy (non-hydrogen) atoms. The minimum Gasteiger partial charge on any atom is -0.237 e. The van der Waals surface area contributed by atoms with Crippen molar-refractivity contribution in [2.75, 3.05) is 0 Å². The Balaban J connectivity index is 2.72. The zero-order chi connectivity index (χ0) is 12.7. The number of hydrogen-bond donors (Lipinski definition) is 0. The summed E-state index contributed by atoms with van der Waals surface area (Å²) < 4.78 is 2.07. The van der Waals surface area contributed by atoms with Crippen LogP contribution in [0.3, 0.4) is 0 Å². The first-order valence-electron chi connectivity index (χ1n) is 6.03. The van der Waals surface area contributed by atoms with Gasteiger partial charge in [-0.05, 0) is 69.9 Å². The molecule has 0 atom stereocenters. The van der Waals surface area contributed by atoms with Gasteiger partial charge in [-0.15, -0.1) is 0 Å². The van der Waals surface area contributed by atoms with Gasteiger partial charge in [0.25, 0.3) is 0 Å². The first-order valence-corrected chi connectivity index (χ1v) is 6.03. The molecule has 0 bridgehead atoms. The van der Waals surface area contributed by atoms with Gasteiger partial charge in [0.15, 0.2) is 0 Å². The van der Waals surface area contributed by atoms with E-state index >= 15 is 0 Å². The normalized spacial score (nSPS) is 10.9. The van der Waals surface area contributed by atoms with Crippen LogP contribution in [0.1, 0.15) is 33.6 Å². The smallest absolute Gasteiger partial charge is 0.0683 e. The third-order valence-corrected chi connectivity index (χ3v) is 3.67. The van der Waals surface area contributed by atoms with Crippen LogP contribution in [0, 0.1) is 41.5 Å². The Morgan fingerprint density at radius 1 is 0.882 bits per heavy atom. The molecule has 0 radical (unpaired) electrons. The number of nitrogens with zero attached hydrogens (tertiary/aromatic N) is 2. The third-order valence-electron chi connectivity index (χ3n) is 3.67. The van der Waals surface area contributed by atoms with Gasteiger partial charge in [-0.1, -0.05) is 6.07 Å². The van der Waals surface area contributed by atoms with Gasteiger partial charge in [-0.3, -0.25) is 0 Å². The second kappa shape index (κ2) is 4.02. The predicted molar refractivity (Wildman–Crippen MR) is 72.0 cm³/mol. The van der Waals surface area contributed by atoms with Crippen LogP contribution in [0.5, 0.6) is 0 Å². The van der Waals surface area contributed by atoms with E-state index in [9.17, 15) is 0 Å². The second-order valence-corrected chi connectivity index (χ2v) is 4.93. The summed E-state index contributed by atoms with van der Waals surface area (Å²) in [4.78, 5) is 0. The fourth-order valence-electron chi connectivity index (χ4n) is 2.19. The van der Waals surface area contributed by atoms with Crippen molar-refractivity contribution in [1.82, 2.24) is 9.78 Å². The maximum Gasteiger partial charge on any atom is 0.0683 e. The molecule has 0 N–H and O–H groups in total. The van der Waals surface area contributed by atoms with Gasteiger partial charge in [-0.25, -0.2) is 4.68 Å². The molecule has 90 valence electrons. The standard InChI is InChI=1S/C15H20N2/c1-9-7-10(2)11(3)15(8-9)17-14(6)12(4)13(5)16-17/h7-8H,1-6H3. The molecule has 0 spiro atoms. The first-order chi connectivity index (χ1) is 7.91. The average molecular weight is 228 g/mol. The number of aryl methyl sites for hydroxylation is 3. The lowest BCUT2D eigenvalue weighted by Gasteiger charge is -2.12. The van der Waals surface area contributed by atoms with E-state index in [2.05, 4.69) is 63.5 Å². The van der Waals surface area contributed by atoms with Crippen molar-refractivity contribution in [2.45, 2.75) is 41.5 Å². The zero-order valence-electron chi connectivity index (χ0n) is 11.5. The van der Waals surface area contributed by atoms with Crippen LogP contribution in [0.2, 0.25) is 0 Å². The Morgan fingerprint density at radius 3 is 2.06 bits per heavy atom. The molecule has 2 heteroatoms. The fraction of sp³-hybridized carbons (Fsp3) is 0.400. The fourth-order valence-corrected chi connectivity index (χ4v) is 2.19. The van der Waals surface area contributed by atoms with Crippen LogP contribution in [-0.4, -0.2) is 9.78 Å². The van der Waals surface area contributed by atoms with Crippen LogP contribution in [-0.2, 0) is 0 Å². The number of hydrogen-bond acceptors (Lipinski definition) is 1. The highest BCUT2D eigenvalue weighted by molar-refractivity contribution is 5.48. The first kappa shape index (κ1) is 11.9.